The summed E-state index contributed by atoms with van der Waals surface area (Å²) >= 11 is 11.9. The van der Waals surface area contributed by atoms with Gasteiger partial charge in [-0.15, -0.1) is 0 Å². The summed E-state index contributed by atoms with van der Waals surface area (Å²) in [5, 5.41) is 13.3. The van der Waals surface area contributed by atoms with Gasteiger partial charge in [0.05, 0.1) is 16.8 Å². The van der Waals surface area contributed by atoms with Gasteiger partial charge >= 0.3 is 0 Å². The minimum absolute atomic E-state index is 0.167. The molecule has 1 aliphatic rings. The van der Waals surface area contributed by atoms with Crippen LogP contribution in [0.3, 0.4) is 0 Å². The number of rotatable bonds is 4. The molecule has 4 heteroatoms. The first-order valence-corrected chi connectivity index (χ1v) is 5.97. The van der Waals surface area contributed by atoms with Crippen LogP contribution in [-0.2, 0) is 0 Å². The van der Waals surface area contributed by atoms with Crippen molar-refractivity contribution in [1.82, 2.24) is 0 Å². The molecule has 2 rings (SSSR count). The van der Waals surface area contributed by atoms with Crippen molar-refractivity contribution in [3.63, 3.8) is 0 Å². The van der Waals surface area contributed by atoms with E-state index >= 15 is 0 Å². The average Bonchev–Trinajstić information content (AvgIpc) is 3.01. The van der Waals surface area contributed by atoms with Gasteiger partial charge in [-0.2, -0.15) is 5.26 Å². The highest BCUT2D eigenvalue weighted by molar-refractivity contribution is 6.35. The Labute approximate surface area is 105 Å². The number of hydrogen-bond acceptors (Lipinski definition) is 2. The van der Waals surface area contributed by atoms with Gasteiger partial charge in [0, 0.05) is 23.4 Å². The summed E-state index contributed by atoms with van der Waals surface area (Å²) in [5.41, 5.74) is 1.01. The minimum Gasteiger partial charge on any atom is -0.383 e. The molecule has 0 amide bonds. The molecule has 1 N–H and O–H groups in total. The highest BCUT2D eigenvalue weighted by atomic mass is 35.5. The Morgan fingerprint density at radius 2 is 2.12 bits per heavy atom. The first-order chi connectivity index (χ1) is 7.65. The molecule has 0 heterocycles. The molecule has 0 aliphatic heterocycles. The lowest BCUT2D eigenvalue weighted by Crippen LogP contribution is -2.15. The van der Waals surface area contributed by atoms with Crippen molar-refractivity contribution in [3.05, 3.63) is 28.2 Å². The van der Waals surface area contributed by atoms with Crippen LogP contribution in [0.4, 0.5) is 5.69 Å². The highest BCUT2D eigenvalue weighted by Crippen LogP contribution is 2.48. The topological polar surface area (TPSA) is 35.8 Å². The van der Waals surface area contributed by atoms with Crippen LogP contribution in [0, 0.1) is 16.7 Å². The van der Waals surface area contributed by atoms with Gasteiger partial charge in [-0.05, 0) is 31.0 Å². The molecule has 0 spiro atoms. The highest BCUT2D eigenvalue weighted by Gasteiger charge is 2.42. The van der Waals surface area contributed by atoms with Crippen molar-refractivity contribution in [2.24, 2.45) is 5.41 Å². The molecule has 1 saturated carbocycles. The maximum absolute atomic E-state index is 8.71. The SMILES string of the molecule is N#CCC1(CNc2cc(Cl)ccc2Cl)CC1. The van der Waals surface area contributed by atoms with Gasteiger partial charge in [-0.1, -0.05) is 23.2 Å². The molecule has 1 aliphatic carbocycles. The van der Waals surface area contributed by atoms with Crippen LogP contribution in [0.15, 0.2) is 18.2 Å². The van der Waals surface area contributed by atoms with Crippen LogP contribution in [0.25, 0.3) is 0 Å². The molecule has 1 aromatic carbocycles. The summed E-state index contributed by atoms with van der Waals surface area (Å²) in [6, 6.07) is 7.58. The number of halogens is 2. The van der Waals surface area contributed by atoms with E-state index in [-0.39, 0.29) is 5.41 Å². The molecular formula is C12H12Cl2N2. The molecule has 1 aromatic rings. The van der Waals surface area contributed by atoms with Crippen molar-refractivity contribution >= 4 is 28.9 Å². The minimum atomic E-state index is 0.167. The van der Waals surface area contributed by atoms with E-state index in [0.29, 0.717) is 16.5 Å². The number of nitrogens with zero attached hydrogens (tertiary/aromatic N) is 1. The predicted octanol–water partition coefficient (Wildman–Crippen LogP) is 4.10. The number of anilines is 1. The van der Waals surface area contributed by atoms with E-state index in [2.05, 4.69) is 11.4 Å². The van der Waals surface area contributed by atoms with Gasteiger partial charge in [0.25, 0.3) is 0 Å². The van der Waals surface area contributed by atoms with Crippen LogP contribution < -0.4 is 5.32 Å². The van der Waals surface area contributed by atoms with Gasteiger partial charge in [-0.25, -0.2) is 0 Å². The summed E-state index contributed by atoms with van der Waals surface area (Å²) in [7, 11) is 0. The van der Waals surface area contributed by atoms with Crippen LogP contribution >= 0.6 is 23.2 Å². The van der Waals surface area contributed by atoms with E-state index in [1.165, 1.54) is 0 Å². The molecule has 2 nitrogen and oxygen atoms in total. The molecule has 0 aromatic heterocycles. The second-order valence-corrected chi connectivity index (χ2v) is 5.16. The molecule has 84 valence electrons. The Hall–Kier alpha value is -0.910. The average molecular weight is 255 g/mol. The monoisotopic (exact) mass is 254 g/mol. The zero-order valence-electron chi connectivity index (χ0n) is 8.76. The molecular weight excluding hydrogens is 243 g/mol. The number of hydrogen-bond donors (Lipinski definition) is 1. The van der Waals surface area contributed by atoms with Crippen molar-refractivity contribution in [2.75, 3.05) is 11.9 Å². The second kappa shape index (κ2) is 4.53. The van der Waals surface area contributed by atoms with Crippen LogP contribution in [0.1, 0.15) is 19.3 Å². The second-order valence-electron chi connectivity index (χ2n) is 4.31. The molecule has 0 unspecified atom stereocenters. The fraction of sp³-hybridized carbons (Fsp3) is 0.417. The van der Waals surface area contributed by atoms with Gasteiger partial charge in [0.15, 0.2) is 0 Å². The van der Waals surface area contributed by atoms with E-state index in [1.54, 1.807) is 12.1 Å². The third kappa shape index (κ3) is 2.61. The van der Waals surface area contributed by atoms with E-state index in [9.17, 15) is 0 Å². The van der Waals surface area contributed by atoms with Crippen molar-refractivity contribution in [2.45, 2.75) is 19.3 Å². The van der Waals surface area contributed by atoms with Gasteiger partial charge in [0.2, 0.25) is 0 Å². The molecule has 0 saturated heterocycles. The smallest absolute Gasteiger partial charge is 0.0638 e. The van der Waals surface area contributed by atoms with Crippen LogP contribution in [0.2, 0.25) is 10.0 Å². The molecule has 0 atom stereocenters. The van der Waals surface area contributed by atoms with Crippen LogP contribution in [-0.4, -0.2) is 6.54 Å². The van der Waals surface area contributed by atoms with Crippen molar-refractivity contribution < 1.29 is 0 Å². The zero-order chi connectivity index (χ0) is 11.6. The van der Waals surface area contributed by atoms with E-state index in [1.807, 2.05) is 6.07 Å². The third-order valence-electron chi connectivity index (χ3n) is 2.99. The first kappa shape index (κ1) is 11.6. The number of nitrogens with one attached hydrogen (secondary N) is 1. The number of benzene rings is 1. The Balaban J connectivity index is 2.00. The molecule has 0 radical (unpaired) electrons. The van der Waals surface area contributed by atoms with Gasteiger partial charge in [-0.3, -0.25) is 0 Å². The Bertz CT molecular complexity index is 433. The Morgan fingerprint density at radius 3 is 2.75 bits per heavy atom. The van der Waals surface area contributed by atoms with Gasteiger partial charge < -0.3 is 5.32 Å². The van der Waals surface area contributed by atoms with Crippen LogP contribution in [0.5, 0.6) is 0 Å². The summed E-state index contributed by atoms with van der Waals surface area (Å²) in [5.74, 6) is 0. The first-order valence-electron chi connectivity index (χ1n) is 5.21. The summed E-state index contributed by atoms with van der Waals surface area (Å²) in [4.78, 5) is 0. The van der Waals surface area contributed by atoms with Crippen molar-refractivity contribution in [3.8, 4) is 6.07 Å². The Morgan fingerprint density at radius 1 is 1.38 bits per heavy atom. The van der Waals surface area contributed by atoms with Crippen molar-refractivity contribution in [1.29, 1.82) is 5.26 Å². The molecule has 16 heavy (non-hydrogen) atoms. The quantitative estimate of drug-likeness (QED) is 0.879. The fourth-order valence-corrected chi connectivity index (χ4v) is 2.03. The Kier molecular flexibility index (Phi) is 3.28. The van der Waals surface area contributed by atoms with Gasteiger partial charge in [0.1, 0.15) is 0 Å². The summed E-state index contributed by atoms with van der Waals surface area (Å²) in [6.45, 7) is 0.792. The predicted molar refractivity (Wildman–Crippen MR) is 66.8 cm³/mol. The normalized spacial score (nSPS) is 16.6. The summed E-state index contributed by atoms with van der Waals surface area (Å²) < 4.78 is 0. The lowest BCUT2D eigenvalue weighted by Gasteiger charge is -2.14. The lowest BCUT2D eigenvalue weighted by atomic mass is 10.0. The fourth-order valence-electron chi connectivity index (χ4n) is 1.68. The third-order valence-corrected chi connectivity index (χ3v) is 3.56. The van der Waals surface area contributed by atoms with E-state index in [0.717, 1.165) is 25.1 Å². The lowest BCUT2D eigenvalue weighted by molar-refractivity contribution is 0.557. The standard InChI is InChI=1S/C12H12Cl2N2/c13-9-1-2-10(14)11(7-9)16-8-12(3-4-12)5-6-15/h1-2,7,16H,3-5,8H2. The number of nitriles is 1. The summed E-state index contributed by atoms with van der Waals surface area (Å²) in [6.07, 6.45) is 2.84. The molecule has 0 bridgehead atoms. The van der Waals surface area contributed by atoms with E-state index in [4.69, 9.17) is 28.5 Å². The largest absolute Gasteiger partial charge is 0.383 e. The maximum atomic E-state index is 8.71. The van der Waals surface area contributed by atoms with E-state index < -0.39 is 0 Å². The zero-order valence-corrected chi connectivity index (χ0v) is 10.3. The maximum Gasteiger partial charge on any atom is 0.0638 e. The molecule has 1 fully saturated rings.